The van der Waals surface area contributed by atoms with Gasteiger partial charge in [0.2, 0.25) is 0 Å². The molecule has 0 spiro atoms. The summed E-state index contributed by atoms with van der Waals surface area (Å²) in [5, 5.41) is 8.42. The van der Waals surface area contributed by atoms with Gasteiger partial charge in [0.1, 0.15) is 0 Å². The standard InChI is InChI=1S/C8H16O2/c1-10-8-6-4-2-3-5-7-9/h4,6,9H,2-3,5,7-8H2,1H3/b6-4+. The Hall–Kier alpha value is -0.340. The fourth-order valence-corrected chi connectivity index (χ4v) is 0.656. The maximum Gasteiger partial charge on any atom is 0.0643 e. The van der Waals surface area contributed by atoms with Gasteiger partial charge in [-0.2, -0.15) is 0 Å². The lowest BCUT2D eigenvalue weighted by atomic mass is 10.2. The van der Waals surface area contributed by atoms with E-state index in [-0.39, 0.29) is 0 Å². The van der Waals surface area contributed by atoms with E-state index < -0.39 is 0 Å². The van der Waals surface area contributed by atoms with Crippen LogP contribution in [0.15, 0.2) is 12.2 Å². The first-order valence-corrected chi connectivity index (χ1v) is 3.66. The third-order valence-corrected chi connectivity index (χ3v) is 1.21. The molecule has 0 aliphatic heterocycles. The van der Waals surface area contributed by atoms with Gasteiger partial charge in [-0.25, -0.2) is 0 Å². The highest BCUT2D eigenvalue weighted by atomic mass is 16.5. The van der Waals surface area contributed by atoms with E-state index >= 15 is 0 Å². The number of hydrogen-bond acceptors (Lipinski definition) is 2. The number of rotatable bonds is 6. The Morgan fingerprint density at radius 3 is 2.70 bits per heavy atom. The summed E-state index contributed by atoms with van der Waals surface area (Å²) in [4.78, 5) is 0. The van der Waals surface area contributed by atoms with Crippen LogP contribution >= 0.6 is 0 Å². The van der Waals surface area contributed by atoms with Gasteiger partial charge in [-0.15, -0.1) is 0 Å². The van der Waals surface area contributed by atoms with Crippen LogP contribution in [-0.4, -0.2) is 25.4 Å². The predicted molar refractivity (Wildman–Crippen MR) is 42.0 cm³/mol. The first-order valence-electron chi connectivity index (χ1n) is 3.66. The van der Waals surface area contributed by atoms with Crippen molar-refractivity contribution in [3.63, 3.8) is 0 Å². The van der Waals surface area contributed by atoms with E-state index in [1.807, 2.05) is 6.08 Å². The number of unbranched alkanes of at least 4 members (excludes halogenated alkanes) is 2. The van der Waals surface area contributed by atoms with E-state index in [1.54, 1.807) is 7.11 Å². The average Bonchev–Trinajstić information content (AvgIpc) is 1.97. The van der Waals surface area contributed by atoms with Crippen LogP contribution in [0.5, 0.6) is 0 Å². The van der Waals surface area contributed by atoms with Gasteiger partial charge in [-0.05, 0) is 19.3 Å². The van der Waals surface area contributed by atoms with Crippen molar-refractivity contribution in [2.24, 2.45) is 0 Å². The normalized spacial score (nSPS) is 11.0. The first kappa shape index (κ1) is 9.66. The number of aliphatic hydroxyl groups excluding tert-OH is 1. The molecule has 0 aliphatic rings. The summed E-state index contributed by atoms with van der Waals surface area (Å²) in [6.07, 6.45) is 7.09. The zero-order chi connectivity index (χ0) is 7.66. The molecule has 0 saturated heterocycles. The quantitative estimate of drug-likeness (QED) is 0.450. The van der Waals surface area contributed by atoms with E-state index in [0.29, 0.717) is 13.2 Å². The van der Waals surface area contributed by atoms with Gasteiger partial charge in [-0.3, -0.25) is 0 Å². The second kappa shape index (κ2) is 8.66. The third-order valence-electron chi connectivity index (χ3n) is 1.21. The summed E-state index contributed by atoms with van der Waals surface area (Å²) in [5.41, 5.74) is 0. The van der Waals surface area contributed by atoms with Crippen LogP contribution in [0, 0.1) is 0 Å². The number of hydrogen-bond donors (Lipinski definition) is 1. The molecule has 2 heteroatoms. The fraction of sp³-hybridized carbons (Fsp3) is 0.750. The van der Waals surface area contributed by atoms with Crippen LogP contribution < -0.4 is 0 Å². The van der Waals surface area contributed by atoms with Crippen molar-refractivity contribution < 1.29 is 9.84 Å². The van der Waals surface area contributed by atoms with Gasteiger partial charge in [0, 0.05) is 13.7 Å². The Kier molecular flexibility index (Phi) is 8.37. The maximum absolute atomic E-state index is 8.42. The van der Waals surface area contributed by atoms with Crippen molar-refractivity contribution in [1.82, 2.24) is 0 Å². The fourth-order valence-electron chi connectivity index (χ4n) is 0.656. The topological polar surface area (TPSA) is 29.5 Å². The molecular weight excluding hydrogens is 128 g/mol. The SMILES string of the molecule is COC/C=C/CCCCO. The molecule has 0 fully saturated rings. The summed E-state index contributed by atoms with van der Waals surface area (Å²) in [6.45, 7) is 0.997. The molecule has 2 nitrogen and oxygen atoms in total. The molecule has 0 aromatic heterocycles. The van der Waals surface area contributed by atoms with Crippen LogP contribution in [0.4, 0.5) is 0 Å². The van der Waals surface area contributed by atoms with Crippen molar-refractivity contribution in [3.8, 4) is 0 Å². The highest BCUT2D eigenvalue weighted by Crippen LogP contribution is 1.94. The molecule has 0 amide bonds. The van der Waals surface area contributed by atoms with E-state index in [9.17, 15) is 0 Å². The highest BCUT2D eigenvalue weighted by molar-refractivity contribution is 4.80. The predicted octanol–water partition coefficient (Wildman–Crippen LogP) is 1.35. The molecule has 0 saturated carbocycles. The molecule has 0 aromatic rings. The van der Waals surface area contributed by atoms with Gasteiger partial charge in [0.25, 0.3) is 0 Å². The number of allylic oxidation sites excluding steroid dienone is 1. The Balaban J connectivity index is 2.88. The molecule has 0 radical (unpaired) electrons. The number of methoxy groups -OCH3 is 1. The van der Waals surface area contributed by atoms with Crippen molar-refractivity contribution in [3.05, 3.63) is 12.2 Å². The van der Waals surface area contributed by atoms with Crippen molar-refractivity contribution in [2.75, 3.05) is 20.3 Å². The molecule has 0 atom stereocenters. The van der Waals surface area contributed by atoms with Crippen molar-refractivity contribution in [2.45, 2.75) is 19.3 Å². The lowest BCUT2D eigenvalue weighted by molar-refractivity contribution is 0.233. The Labute approximate surface area is 62.5 Å². The first-order chi connectivity index (χ1) is 4.91. The Morgan fingerprint density at radius 1 is 1.30 bits per heavy atom. The van der Waals surface area contributed by atoms with Crippen LogP contribution in [0.1, 0.15) is 19.3 Å². The van der Waals surface area contributed by atoms with Crippen molar-refractivity contribution >= 4 is 0 Å². The average molecular weight is 144 g/mol. The molecule has 0 rings (SSSR count). The highest BCUT2D eigenvalue weighted by Gasteiger charge is 1.81. The third kappa shape index (κ3) is 7.66. The zero-order valence-electron chi connectivity index (χ0n) is 6.55. The largest absolute Gasteiger partial charge is 0.396 e. The summed E-state index contributed by atoms with van der Waals surface area (Å²) in [6, 6.07) is 0. The molecular formula is C8H16O2. The molecule has 10 heavy (non-hydrogen) atoms. The lowest BCUT2D eigenvalue weighted by Crippen LogP contribution is -1.82. The van der Waals surface area contributed by atoms with Gasteiger partial charge in [0.05, 0.1) is 6.61 Å². The van der Waals surface area contributed by atoms with E-state index in [4.69, 9.17) is 9.84 Å². The summed E-state index contributed by atoms with van der Waals surface area (Å²) in [5.74, 6) is 0. The summed E-state index contributed by atoms with van der Waals surface area (Å²) >= 11 is 0. The lowest BCUT2D eigenvalue weighted by Gasteiger charge is -1.91. The van der Waals surface area contributed by atoms with Crippen LogP contribution in [0.25, 0.3) is 0 Å². The number of aliphatic hydroxyl groups is 1. The van der Waals surface area contributed by atoms with Gasteiger partial charge in [0.15, 0.2) is 0 Å². The molecule has 0 aromatic carbocycles. The van der Waals surface area contributed by atoms with Crippen molar-refractivity contribution in [1.29, 1.82) is 0 Å². The van der Waals surface area contributed by atoms with Crippen LogP contribution in [-0.2, 0) is 4.74 Å². The molecule has 0 aliphatic carbocycles. The summed E-state index contributed by atoms with van der Waals surface area (Å²) < 4.78 is 4.81. The minimum absolute atomic E-state index is 0.304. The maximum atomic E-state index is 8.42. The van der Waals surface area contributed by atoms with E-state index in [0.717, 1.165) is 19.3 Å². The smallest absolute Gasteiger partial charge is 0.0643 e. The van der Waals surface area contributed by atoms with E-state index in [2.05, 4.69) is 6.08 Å². The molecule has 0 bridgehead atoms. The molecule has 0 heterocycles. The Morgan fingerprint density at radius 2 is 2.10 bits per heavy atom. The zero-order valence-corrected chi connectivity index (χ0v) is 6.55. The Bertz CT molecular complexity index is 79.3. The molecule has 60 valence electrons. The van der Waals surface area contributed by atoms with Crippen LogP contribution in [0.2, 0.25) is 0 Å². The monoisotopic (exact) mass is 144 g/mol. The van der Waals surface area contributed by atoms with Gasteiger partial charge >= 0.3 is 0 Å². The van der Waals surface area contributed by atoms with Gasteiger partial charge < -0.3 is 9.84 Å². The molecule has 1 N–H and O–H groups in total. The minimum Gasteiger partial charge on any atom is -0.396 e. The number of ether oxygens (including phenoxy) is 1. The minimum atomic E-state index is 0.304. The van der Waals surface area contributed by atoms with E-state index in [1.165, 1.54) is 0 Å². The van der Waals surface area contributed by atoms with Crippen LogP contribution in [0.3, 0.4) is 0 Å². The summed E-state index contributed by atoms with van der Waals surface area (Å²) in [7, 11) is 1.68. The van der Waals surface area contributed by atoms with Gasteiger partial charge in [-0.1, -0.05) is 12.2 Å². The second-order valence-electron chi connectivity index (χ2n) is 2.15. The molecule has 0 unspecified atom stereocenters. The second-order valence-corrected chi connectivity index (χ2v) is 2.15.